The molecule has 7 nitrogen and oxygen atoms in total. The summed E-state index contributed by atoms with van der Waals surface area (Å²) in [6.45, 7) is 4.02. The molecule has 3 amide bonds. The van der Waals surface area contributed by atoms with Crippen LogP contribution in [0, 0.1) is 0 Å². The second-order valence-corrected chi connectivity index (χ2v) is 6.48. The Balaban J connectivity index is 2.25. The molecule has 2 rings (SSSR count). The Labute approximate surface area is 164 Å². The molecule has 2 aromatic carbocycles. The van der Waals surface area contributed by atoms with Gasteiger partial charge in [0.15, 0.2) is 0 Å². The third kappa shape index (κ3) is 6.51. The van der Waals surface area contributed by atoms with Crippen LogP contribution >= 0.6 is 0 Å². The fourth-order valence-corrected chi connectivity index (χ4v) is 2.86. The number of rotatable bonds is 8. The van der Waals surface area contributed by atoms with Gasteiger partial charge in [-0.25, -0.2) is 0 Å². The smallest absolute Gasteiger partial charge is 0.254 e. The van der Waals surface area contributed by atoms with E-state index in [4.69, 9.17) is 5.73 Å². The van der Waals surface area contributed by atoms with Crippen LogP contribution in [0.15, 0.2) is 48.5 Å². The molecule has 0 bridgehead atoms. The molecule has 0 aliphatic rings. The lowest BCUT2D eigenvalue weighted by Crippen LogP contribution is -2.37. The van der Waals surface area contributed by atoms with Crippen molar-refractivity contribution in [3.63, 3.8) is 0 Å². The molecule has 0 aliphatic heterocycles. The molecular weight excluding hydrogens is 356 g/mol. The monoisotopic (exact) mass is 382 g/mol. The summed E-state index contributed by atoms with van der Waals surface area (Å²) >= 11 is 0. The fourth-order valence-electron chi connectivity index (χ4n) is 2.86. The highest BCUT2D eigenvalue weighted by atomic mass is 16.2. The minimum absolute atomic E-state index is 0.208. The van der Waals surface area contributed by atoms with Gasteiger partial charge < -0.3 is 21.3 Å². The van der Waals surface area contributed by atoms with Gasteiger partial charge in [0, 0.05) is 50.4 Å². The first-order valence-electron chi connectivity index (χ1n) is 9.12. The number of anilines is 2. The summed E-state index contributed by atoms with van der Waals surface area (Å²) in [5.41, 5.74) is 8.08. The number of hydrogen-bond acceptors (Lipinski definition) is 4. The van der Waals surface area contributed by atoms with Crippen LogP contribution in [0.2, 0.25) is 0 Å². The van der Waals surface area contributed by atoms with E-state index >= 15 is 0 Å². The number of carbonyl (C=O) groups is 3. The zero-order valence-electron chi connectivity index (χ0n) is 16.2. The van der Waals surface area contributed by atoms with Crippen LogP contribution in [0.4, 0.5) is 11.4 Å². The van der Waals surface area contributed by atoms with Crippen LogP contribution in [0.1, 0.15) is 29.8 Å². The fraction of sp³-hybridized carbons (Fsp3) is 0.286. The van der Waals surface area contributed by atoms with Gasteiger partial charge in [-0.1, -0.05) is 30.3 Å². The Hall–Kier alpha value is -3.19. The lowest BCUT2D eigenvalue weighted by molar-refractivity contribution is -0.115. The SMILES string of the molecule is CC(=O)Nc1cc(NC(C)=O)cc(C(=O)N(CCN)CCc2ccccc2)c1. The molecule has 0 aliphatic carbocycles. The quantitative estimate of drug-likeness (QED) is 0.651. The summed E-state index contributed by atoms with van der Waals surface area (Å²) in [7, 11) is 0. The predicted octanol–water partition coefficient (Wildman–Crippen LogP) is 2.25. The van der Waals surface area contributed by atoms with Crippen molar-refractivity contribution in [1.29, 1.82) is 0 Å². The Morgan fingerprint density at radius 2 is 1.46 bits per heavy atom. The number of benzene rings is 2. The van der Waals surface area contributed by atoms with E-state index in [1.54, 1.807) is 23.1 Å². The van der Waals surface area contributed by atoms with Crippen molar-refractivity contribution in [2.24, 2.45) is 5.73 Å². The normalized spacial score (nSPS) is 10.2. The van der Waals surface area contributed by atoms with Gasteiger partial charge >= 0.3 is 0 Å². The first-order valence-corrected chi connectivity index (χ1v) is 9.12. The number of amides is 3. The molecule has 0 aromatic heterocycles. The number of hydrogen-bond donors (Lipinski definition) is 3. The average molecular weight is 382 g/mol. The number of carbonyl (C=O) groups excluding carboxylic acids is 3. The first-order chi connectivity index (χ1) is 13.4. The molecular formula is C21H26N4O3. The maximum Gasteiger partial charge on any atom is 0.254 e. The maximum atomic E-state index is 13.1. The highest BCUT2D eigenvalue weighted by molar-refractivity contribution is 6.00. The third-order valence-corrected chi connectivity index (χ3v) is 4.02. The van der Waals surface area contributed by atoms with Crippen molar-refractivity contribution >= 4 is 29.1 Å². The molecule has 0 radical (unpaired) electrons. The highest BCUT2D eigenvalue weighted by Gasteiger charge is 2.17. The van der Waals surface area contributed by atoms with E-state index < -0.39 is 0 Å². The molecule has 2 aromatic rings. The Morgan fingerprint density at radius 3 is 1.96 bits per heavy atom. The first kappa shape index (κ1) is 21.1. The van der Waals surface area contributed by atoms with Gasteiger partial charge in [0.2, 0.25) is 11.8 Å². The molecule has 0 saturated heterocycles. The summed E-state index contributed by atoms with van der Waals surface area (Å²) in [6, 6.07) is 14.7. The minimum Gasteiger partial charge on any atom is -0.337 e. The van der Waals surface area contributed by atoms with Crippen molar-refractivity contribution in [3.8, 4) is 0 Å². The Bertz CT molecular complexity index is 803. The summed E-state index contributed by atoms with van der Waals surface area (Å²) in [5, 5.41) is 5.31. The standard InChI is InChI=1S/C21H26N4O3/c1-15(26)23-19-12-18(13-20(14-19)24-16(2)27)21(28)25(11-9-22)10-8-17-6-4-3-5-7-17/h3-7,12-14H,8-11,22H2,1-2H3,(H,23,26)(H,24,27). The zero-order chi connectivity index (χ0) is 20.5. The molecule has 0 fully saturated rings. The van der Waals surface area contributed by atoms with Crippen LogP contribution in [0.25, 0.3) is 0 Å². The van der Waals surface area contributed by atoms with Crippen LogP contribution in [0.3, 0.4) is 0 Å². The van der Waals surface area contributed by atoms with Gasteiger partial charge in [-0.2, -0.15) is 0 Å². The van der Waals surface area contributed by atoms with E-state index in [1.165, 1.54) is 13.8 Å². The van der Waals surface area contributed by atoms with E-state index in [2.05, 4.69) is 10.6 Å². The van der Waals surface area contributed by atoms with Crippen molar-refractivity contribution in [2.75, 3.05) is 30.3 Å². The number of nitrogens with zero attached hydrogens (tertiary/aromatic N) is 1. The molecule has 0 atom stereocenters. The summed E-state index contributed by atoms with van der Waals surface area (Å²) in [6.07, 6.45) is 0.705. The molecule has 4 N–H and O–H groups in total. The van der Waals surface area contributed by atoms with Crippen LogP contribution < -0.4 is 16.4 Å². The van der Waals surface area contributed by atoms with E-state index in [-0.39, 0.29) is 17.7 Å². The molecule has 0 saturated carbocycles. The van der Waals surface area contributed by atoms with Gasteiger partial charge in [-0.05, 0) is 30.2 Å². The van der Waals surface area contributed by atoms with Gasteiger partial charge in [0.1, 0.15) is 0 Å². The molecule has 28 heavy (non-hydrogen) atoms. The van der Waals surface area contributed by atoms with Gasteiger partial charge in [-0.15, -0.1) is 0 Å². The molecule has 7 heteroatoms. The predicted molar refractivity (Wildman–Crippen MR) is 110 cm³/mol. The lowest BCUT2D eigenvalue weighted by atomic mass is 10.1. The number of nitrogens with one attached hydrogen (secondary N) is 2. The van der Waals surface area contributed by atoms with E-state index in [0.717, 1.165) is 5.56 Å². The summed E-state index contributed by atoms with van der Waals surface area (Å²) in [4.78, 5) is 37.6. The average Bonchev–Trinajstić information content (AvgIpc) is 2.64. The zero-order valence-corrected chi connectivity index (χ0v) is 16.2. The number of nitrogens with two attached hydrogens (primary N) is 1. The molecule has 0 spiro atoms. The Morgan fingerprint density at radius 1 is 0.893 bits per heavy atom. The van der Waals surface area contributed by atoms with Crippen LogP contribution in [-0.2, 0) is 16.0 Å². The van der Waals surface area contributed by atoms with Gasteiger partial charge in [0.25, 0.3) is 5.91 Å². The van der Waals surface area contributed by atoms with Gasteiger partial charge in [0.05, 0.1) is 0 Å². The third-order valence-electron chi connectivity index (χ3n) is 4.02. The van der Waals surface area contributed by atoms with Crippen molar-refractivity contribution in [1.82, 2.24) is 4.90 Å². The van der Waals surface area contributed by atoms with Crippen LogP contribution in [-0.4, -0.2) is 42.3 Å². The maximum absolute atomic E-state index is 13.1. The summed E-state index contributed by atoms with van der Waals surface area (Å²) in [5.74, 6) is -0.734. The minimum atomic E-state index is -0.263. The lowest BCUT2D eigenvalue weighted by Gasteiger charge is -2.23. The molecule has 0 heterocycles. The topological polar surface area (TPSA) is 105 Å². The highest BCUT2D eigenvalue weighted by Crippen LogP contribution is 2.21. The summed E-state index contributed by atoms with van der Waals surface area (Å²) < 4.78 is 0. The second-order valence-electron chi connectivity index (χ2n) is 6.48. The van der Waals surface area contributed by atoms with Crippen molar-refractivity contribution in [3.05, 3.63) is 59.7 Å². The van der Waals surface area contributed by atoms with E-state index in [1.807, 2.05) is 30.3 Å². The Kier molecular flexibility index (Phi) is 7.71. The van der Waals surface area contributed by atoms with Gasteiger partial charge in [-0.3, -0.25) is 14.4 Å². The largest absolute Gasteiger partial charge is 0.337 e. The van der Waals surface area contributed by atoms with Crippen molar-refractivity contribution < 1.29 is 14.4 Å². The van der Waals surface area contributed by atoms with E-state index in [0.29, 0.717) is 43.0 Å². The second kappa shape index (κ2) is 10.2. The van der Waals surface area contributed by atoms with Crippen molar-refractivity contribution in [2.45, 2.75) is 20.3 Å². The van der Waals surface area contributed by atoms with Crippen LogP contribution in [0.5, 0.6) is 0 Å². The molecule has 148 valence electrons. The molecule has 0 unspecified atom stereocenters. The van der Waals surface area contributed by atoms with E-state index in [9.17, 15) is 14.4 Å².